The van der Waals surface area contributed by atoms with Crippen LogP contribution in [0.4, 0.5) is 5.82 Å². The maximum absolute atomic E-state index is 12.0. The molecule has 0 spiro atoms. The van der Waals surface area contributed by atoms with Gasteiger partial charge in [-0.15, -0.1) is 11.3 Å². The first-order valence-corrected chi connectivity index (χ1v) is 9.34. The highest BCUT2D eigenvalue weighted by molar-refractivity contribution is 9.11. The zero-order valence-corrected chi connectivity index (χ0v) is 15.4. The number of quaternary nitrogens is 2. The molecule has 3 N–H and O–H groups in total. The van der Waals surface area contributed by atoms with Gasteiger partial charge in [-0.05, 0) is 35.0 Å². The molecule has 23 heavy (non-hydrogen) atoms. The standard InChI is InChI=1S/C15H19BrN4O2S/c1-11-8-14(18-22-11)17-15(21)10-20-6-4-19(5-7-20)9-12-2-3-13(16)23-12/h2-3,8H,4-7,9-10H2,1H3,(H,17,18,21)/p+2. The molecule has 0 saturated carbocycles. The monoisotopic (exact) mass is 400 g/mol. The second-order valence-corrected chi connectivity index (χ2v) is 8.48. The summed E-state index contributed by atoms with van der Waals surface area (Å²) in [7, 11) is 0. The fourth-order valence-electron chi connectivity index (χ4n) is 2.84. The number of nitrogens with zero attached hydrogens (tertiary/aromatic N) is 1. The van der Waals surface area contributed by atoms with Gasteiger partial charge in [0.15, 0.2) is 12.4 Å². The Morgan fingerprint density at radius 2 is 2.09 bits per heavy atom. The Balaban J connectivity index is 1.41. The first-order valence-electron chi connectivity index (χ1n) is 7.73. The Labute approximate surface area is 147 Å². The summed E-state index contributed by atoms with van der Waals surface area (Å²) >= 11 is 5.32. The van der Waals surface area contributed by atoms with Crippen molar-refractivity contribution in [2.45, 2.75) is 13.5 Å². The molecule has 2 aromatic heterocycles. The Morgan fingerprint density at radius 1 is 1.35 bits per heavy atom. The number of aromatic nitrogens is 1. The molecule has 1 aliphatic heterocycles. The third-order valence-electron chi connectivity index (χ3n) is 4.02. The number of carbonyl (C=O) groups is 1. The quantitative estimate of drug-likeness (QED) is 0.647. The van der Waals surface area contributed by atoms with Gasteiger partial charge in [-0.25, -0.2) is 0 Å². The van der Waals surface area contributed by atoms with Crippen LogP contribution >= 0.6 is 27.3 Å². The van der Waals surface area contributed by atoms with E-state index in [1.807, 2.05) is 6.92 Å². The number of rotatable bonds is 5. The predicted molar refractivity (Wildman–Crippen MR) is 91.9 cm³/mol. The van der Waals surface area contributed by atoms with Crippen molar-refractivity contribution >= 4 is 39.0 Å². The van der Waals surface area contributed by atoms with E-state index in [9.17, 15) is 4.79 Å². The normalized spacial score (nSPS) is 21.3. The summed E-state index contributed by atoms with van der Waals surface area (Å²) in [6.07, 6.45) is 0. The molecule has 0 aromatic carbocycles. The molecule has 1 aliphatic rings. The zero-order valence-electron chi connectivity index (χ0n) is 13.0. The van der Waals surface area contributed by atoms with Crippen LogP contribution in [0.15, 0.2) is 26.5 Å². The molecule has 0 radical (unpaired) electrons. The van der Waals surface area contributed by atoms with Gasteiger partial charge in [0.1, 0.15) is 38.5 Å². The molecule has 1 saturated heterocycles. The summed E-state index contributed by atoms with van der Waals surface area (Å²) in [5, 5.41) is 6.58. The zero-order chi connectivity index (χ0) is 16.2. The highest BCUT2D eigenvalue weighted by Gasteiger charge is 2.25. The summed E-state index contributed by atoms with van der Waals surface area (Å²) in [4.78, 5) is 16.4. The lowest BCUT2D eigenvalue weighted by molar-refractivity contribution is -1.01. The largest absolute Gasteiger partial charge is 0.360 e. The van der Waals surface area contributed by atoms with Gasteiger partial charge < -0.3 is 19.6 Å². The van der Waals surface area contributed by atoms with Crippen molar-refractivity contribution in [2.24, 2.45) is 0 Å². The van der Waals surface area contributed by atoms with Crippen molar-refractivity contribution in [1.82, 2.24) is 5.16 Å². The van der Waals surface area contributed by atoms with Crippen LogP contribution in [0.1, 0.15) is 10.6 Å². The minimum Gasteiger partial charge on any atom is -0.360 e. The molecule has 2 aromatic rings. The van der Waals surface area contributed by atoms with E-state index in [-0.39, 0.29) is 5.91 Å². The highest BCUT2D eigenvalue weighted by Crippen LogP contribution is 2.21. The van der Waals surface area contributed by atoms with Crippen LogP contribution in [0.25, 0.3) is 0 Å². The number of thiophene rings is 1. The Bertz CT molecular complexity index is 664. The number of aryl methyl sites for hydroxylation is 1. The lowest BCUT2D eigenvalue weighted by Crippen LogP contribution is -3.28. The van der Waals surface area contributed by atoms with E-state index in [1.165, 1.54) is 13.6 Å². The maximum Gasteiger partial charge on any atom is 0.280 e. The van der Waals surface area contributed by atoms with Crippen LogP contribution < -0.4 is 15.1 Å². The van der Waals surface area contributed by atoms with Crippen LogP contribution in [-0.4, -0.2) is 43.8 Å². The summed E-state index contributed by atoms with van der Waals surface area (Å²) < 4.78 is 6.14. The molecular weight excluding hydrogens is 380 g/mol. The van der Waals surface area contributed by atoms with Crippen LogP contribution in [0.5, 0.6) is 0 Å². The molecule has 0 aliphatic carbocycles. The topological polar surface area (TPSA) is 64.0 Å². The minimum absolute atomic E-state index is 0.000984. The van der Waals surface area contributed by atoms with E-state index in [1.54, 1.807) is 22.3 Å². The van der Waals surface area contributed by atoms with E-state index >= 15 is 0 Å². The molecule has 3 heterocycles. The molecule has 0 atom stereocenters. The van der Waals surface area contributed by atoms with Crippen molar-refractivity contribution < 1.29 is 19.1 Å². The van der Waals surface area contributed by atoms with Gasteiger partial charge in [-0.2, -0.15) is 0 Å². The Kier molecular flexibility index (Phi) is 5.47. The number of nitrogens with one attached hydrogen (secondary N) is 3. The van der Waals surface area contributed by atoms with E-state index in [2.05, 4.69) is 38.5 Å². The van der Waals surface area contributed by atoms with Crippen molar-refractivity contribution in [3.05, 3.63) is 32.6 Å². The van der Waals surface area contributed by atoms with Gasteiger partial charge in [0.2, 0.25) is 0 Å². The van der Waals surface area contributed by atoms with Crippen molar-refractivity contribution in [1.29, 1.82) is 0 Å². The number of carbonyl (C=O) groups excluding carboxylic acids is 1. The number of hydrogen-bond acceptors (Lipinski definition) is 4. The number of piperazine rings is 1. The van der Waals surface area contributed by atoms with Crippen molar-refractivity contribution in [3.8, 4) is 0 Å². The van der Waals surface area contributed by atoms with Crippen LogP contribution in [0, 0.1) is 6.92 Å². The van der Waals surface area contributed by atoms with Gasteiger partial charge in [0.25, 0.3) is 5.91 Å². The summed E-state index contributed by atoms with van der Waals surface area (Å²) in [6.45, 7) is 7.61. The second-order valence-electron chi connectivity index (χ2n) is 5.93. The maximum atomic E-state index is 12.0. The molecular formula is C15H21BrN4O2S+2. The Hall–Kier alpha value is -1.22. The van der Waals surface area contributed by atoms with Crippen LogP contribution in [0.2, 0.25) is 0 Å². The van der Waals surface area contributed by atoms with Gasteiger partial charge >= 0.3 is 0 Å². The van der Waals surface area contributed by atoms with Crippen LogP contribution in [0.3, 0.4) is 0 Å². The molecule has 0 unspecified atom stereocenters. The number of anilines is 1. The first-order chi connectivity index (χ1) is 11.1. The highest BCUT2D eigenvalue weighted by atomic mass is 79.9. The fraction of sp³-hybridized carbons (Fsp3) is 0.467. The summed E-state index contributed by atoms with van der Waals surface area (Å²) in [6, 6.07) is 6.03. The fourth-order valence-corrected chi connectivity index (χ4v) is 4.40. The van der Waals surface area contributed by atoms with Gasteiger partial charge in [0, 0.05) is 6.07 Å². The van der Waals surface area contributed by atoms with E-state index in [0.29, 0.717) is 18.1 Å². The summed E-state index contributed by atoms with van der Waals surface area (Å²) in [5.74, 6) is 1.20. The third-order valence-corrected chi connectivity index (χ3v) is 5.65. The number of amides is 1. The van der Waals surface area contributed by atoms with Crippen LogP contribution in [-0.2, 0) is 11.3 Å². The Morgan fingerprint density at radius 3 is 2.70 bits per heavy atom. The molecule has 1 fully saturated rings. The lowest BCUT2D eigenvalue weighted by atomic mass is 10.3. The second kappa shape index (κ2) is 7.57. The molecule has 124 valence electrons. The van der Waals surface area contributed by atoms with Gasteiger partial charge in [-0.1, -0.05) is 5.16 Å². The number of hydrogen-bond donors (Lipinski definition) is 3. The van der Waals surface area contributed by atoms with Gasteiger partial charge in [-0.3, -0.25) is 4.79 Å². The molecule has 6 nitrogen and oxygen atoms in total. The third kappa shape index (κ3) is 4.87. The van der Waals surface area contributed by atoms with Gasteiger partial charge in [0.05, 0.1) is 8.66 Å². The van der Waals surface area contributed by atoms with E-state index in [4.69, 9.17) is 4.52 Å². The van der Waals surface area contributed by atoms with Crippen molar-refractivity contribution in [2.75, 3.05) is 38.0 Å². The average molecular weight is 401 g/mol. The summed E-state index contributed by atoms with van der Waals surface area (Å²) in [5.41, 5.74) is 0. The molecule has 3 rings (SSSR count). The SMILES string of the molecule is Cc1cc(NC(=O)C[NH+]2CC[NH+](Cc3ccc(Br)s3)CC2)no1. The van der Waals surface area contributed by atoms with E-state index in [0.717, 1.165) is 32.7 Å². The molecule has 0 bridgehead atoms. The predicted octanol–water partition coefficient (Wildman–Crippen LogP) is -0.271. The lowest BCUT2D eigenvalue weighted by Gasteiger charge is -2.28. The first kappa shape index (κ1) is 16.6. The molecule has 8 heteroatoms. The minimum atomic E-state index is -0.000984. The van der Waals surface area contributed by atoms with E-state index < -0.39 is 0 Å². The average Bonchev–Trinajstić information content (AvgIpc) is 3.10. The molecule has 1 amide bonds. The smallest absolute Gasteiger partial charge is 0.280 e. The van der Waals surface area contributed by atoms with Crippen molar-refractivity contribution in [3.63, 3.8) is 0 Å². The number of halogens is 1.